The van der Waals surface area contributed by atoms with E-state index in [1.54, 1.807) is 24.3 Å². The number of fused-ring (bicyclic) bond motifs is 10. The molecule has 128 heavy (non-hydrogen) atoms. The number of benzene rings is 13. The van der Waals surface area contributed by atoms with Crippen LogP contribution in [0.5, 0.6) is 0 Å². The highest BCUT2D eigenvalue weighted by atomic mass is 15.2. The van der Waals surface area contributed by atoms with Gasteiger partial charge in [-0.15, -0.1) is 0 Å². The Morgan fingerprint density at radius 3 is 0.898 bits per heavy atom. The van der Waals surface area contributed by atoms with Gasteiger partial charge in [0.2, 0.25) is 0 Å². The van der Waals surface area contributed by atoms with Gasteiger partial charge >= 0.3 is 0 Å². The maximum atomic E-state index is 11.3. The van der Waals surface area contributed by atoms with E-state index >= 15 is 0 Å². The van der Waals surface area contributed by atoms with Gasteiger partial charge in [-0.1, -0.05) is 345 Å². The van der Waals surface area contributed by atoms with Crippen molar-refractivity contribution in [2.24, 2.45) is 48.7 Å². The molecule has 0 unspecified atom stereocenters. The molecule has 15 aromatic rings. The molecule has 0 saturated carbocycles. The zero-order valence-electron chi connectivity index (χ0n) is 98.8. The van der Waals surface area contributed by atoms with Gasteiger partial charge in [0, 0.05) is 80.5 Å². The summed E-state index contributed by atoms with van der Waals surface area (Å²) in [6, 6.07) is 65.9. The Balaban J connectivity index is 1.14. The molecule has 0 amide bonds. The molecule has 4 nitrogen and oxygen atoms in total. The molecule has 0 bridgehead atoms. The van der Waals surface area contributed by atoms with Crippen LogP contribution < -0.4 is 26.2 Å². The molecule has 0 saturated heterocycles. The average molecular weight is 1700 g/mol. The lowest BCUT2D eigenvalue weighted by atomic mass is 9.33. The number of aromatic nitrogens is 2. The number of hydrogen-bond acceptors (Lipinski definition) is 2. The normalized spacial score (nSPS) is 16.3. The summed E-state index contributed by atoms with van der Waals surface area (Å²) in [5, 5.41) is 1.14. The monoisotopic (exact) mass is 1700 g/mol. The quantitative estimate of drug-likeness (QED) is 0.0845. The van der Waals surface area contributed by atoms with Crippen molar-refractivity contribution in [3.63, 3.8) is 0 Å². The lowest BCUT2D eigenvalue weighted by Gasteiger charge is -2.46. The molecule has 0 radical (unpaired) electrons. The van der Waals surface area contributed by atoms with Crippen molar-refractivity contribution < 1.29 is 24.7 Å². The minimum Gasteiger partial charge on any atom is -0.311 e. The molecule has 656 valence electrons. The van der Waals surface area contributed by atoms with E-state index in [2.05, 4.69) is 226 Å². The molecular formula is C123H141BN4. The van der Waals surface area contributed by atoms with E-state index in [4.69, 9.17) is 0 Å². The molecule has 5 heteroatoms. The van der Waals surface area contributed by atoms with Gasteiger partial charge in [0.25, 0.3) is 6.71 Å². The molecule has 0 atom stereocenters. The predicted molar refractivity (Wildman–Crippen MR) is 559 cm³/mol. The number of hydrogen-bond donors (Lipinski definition) is 0. The van der Waals surface area contributed by atoms with Crippen molar-refractivity contribution in [3.05, 3.63) is 305 Å². The molecule has 2 aliphatic heterocycles. The second-order valence-corrected chi connectivity index (χ2v) is 46.6. The minimum atomic E-state index is -2.26. The molecule has 13 aromatic carbocycles. The fourth-order valence-corrected chi connectivity index (χ4v) is 19.6. The van der Waals surface area contributed by atoms with Crippen molar-refractivity contribution in [2.45, 2.75) is 244 Å². The summed E-state index contributed by atoms with van der Waals surface area (Å²) in [5.74, 6) is 0. The zero-order valence-corrected chi connectivity index (χ0v) is 80.8. The summed E-state index contributed by atoms with van der Waals surface area (Å²) in [4.78, 5) is 4.48. The molecule has 0 aliphatic carbocycles. The number of para-hydroxylation sites is 2. The standard InChI is InChI=1S/C123H141BN4/c1-115(2,3)70-79-36-32-40-86(56-79)96-68-108(98(64-90(96)77-122(22,23)24)88-42-34-38-81(58-88)72-117(7,8)9)127-110-66-92(125-104-46-30-28-44-94(104)100-60-83(48-54-106(100)125)74-119(13,14)15)50-52-102(110)124-103-53-51-93(126-105-47-31-29-45-95(105)101-61-84(49-55-107(101)126)75-120(16,17)18)67-111(103)128(113-63-85(76-121(19,20)21)62-112(127)114(113)124)109-69-97(87-41-33-37-80(57-87)71-116(4,5)6)91(78-123(25,26)27)65-99(109)89-43-35-39-82(59-89)73-118(10,11)12/h28-69H,70-78H2,1-27H3/i28D,29D,30D,31D,44D,45D,46D,47D,74D2,75D2,76D2,77D2,78D2. The first-order valence-corrected chi connectivity index (χ1v) is 46.1. The summed E-state index contributed by atoms with van der Waals surface area (Å²) >= 11 is 0. The maximum Gasteiger partial charge on any atom is 0.252 e. The molecular weight excluding hydrogens is 1540 g/mol. The minimum absolute atomic E-state index is 0.138. The summed E-state index contributed by atoms with van der Waals surface area (Å²) < 4.78 is 188. The third kappa shape index (κ3) is 19.1. The average Bonchev–Trinajstić information content (AvgIpc) is 0.952. The smallest absolute Gasteiger partial charge is 0.252 e. The maximum absolute atomic E-state index is 11.3. The summed E-state index contributed by atoms with van der Waals surface area (Å²) in [7, 11) is 0. The first kappa shape index (κ1) is 69.2. The first-order valence-electron chi connectivity index (χ1n) is 55.1. The Labute approximate surface area is 794 Å². The van der Waals surface area contributed by atoms with Gasteiger partial charge in [0.05, 0.1) is 44.4 Å². The van der Waals surface area contributed by atoms with Crippen molar-refractivity contribution in [2.75, 3.05) is 9.80 Å². The van der Waals surface area contributed by atoms with Crippen LogP contribution in [-0.2, 0) is 57.5 Å². The third-order valence-electron chi connectivity index (χ3n) is 23.6. The van der Waals surface area contributed by atoms with Crippen molar-refractivity contribution in [1.82, 2.24) is 9.13 Å². The molecule has 2 aromatic heterocycles. The van der Waals surface area contributed by atoms with Crippen LogP contribution in [0.1, 0.15) is 262 Å². The first-order chi connectivity index (χ1) is 67.2. The Hall–Kier alpha value is -10.9. The van der Waals surface area contributed by atoms with Gasteiger partial charge in [-0.2, -0.15) is 0 Å². The third-order valence-corrected chi connectivity index (χ3v) is 23.6. The Bertz CT molecular complexity index is 7400. The van der Waals surface area contributed by atoms with Crippen LogP contribution in [0.15, 0.2) is 255 Å². The lowest BCUT2D eigenvalue weighted by molar-refractivity contribution is 0.410. The molecule has 17 rings (SSSR count). The van der Waals surface area contributed by atoms with E-state index in [-0.39, 0.29) is 73.2 Å². The fourth-order valence-electron chi connectivity index (χ4n) is 19.6. The van der Waals surface area contributed by atoms with Crippen LogP contribution in [-0.4, -0.2) is 15.8 Å². The van der Waals surface area contributed by atoms with E-state index < -0.39 is 89.8 Å². The Kier molecular flexibility index (Phi) is 17.6. The van der Waals surface area contributed by atoms with Gasteiger partial charge < -0.3 is 18.9 Å². The van der Waals surface area contributed by atoms with E-state index in [0.29, 0.717) is 154 Å². The second-order valence-electron chi connectivity index (χ2n) is 46.6. The number of anilines is 6. The fraction of sp³-hybridized carbons (Fsp3) is 0.366. The van der Waals surface area contributed by atoms with E-state index in [1.165, 1.54) is 0 Å². The Morgan fingerprint density at radius 2 is 0.570 bits per heavy atom. The molecule has 0 N–H and O–H groups in total. The van der Waals surface area contributed by atoms with Crippen LogP contribution in [0, 0.1) is 48.7 Å². The van der Waals surface area contributed by atoms with Crippen LogP contribution >= 0.6 is 0 Å². The van der Waals surface area contributed by atoms with Gasteiger partial charge in [-0.05, 0) is 303 Å². The van der Waals surface area contributed by atoms with Gasteiger partial charge in [-0.25, -0.2) is 0 Å². The highest BCUT2D eigenvalue weighted by Crippen LogP contribution is 2.54. The summed E-state index contributed by atoms with van der Waals surface area (Å²) in [5.41, 5.74) is 12.8. The number of rotatable bonds is 17. The van der Waals surface area contributed by atoms with Crippen LogP contribution in [0.25, 0.3) is 99.5 Å². The van der Waals surface area contributed by atoms with Crippen LogP contribution in [0.4, 0.5) is 34.1 Å². The summed E-state index contributed by atoms with van der Waals surface area (Å²) in [6.45, 7) is 53.9. The number of nitrogens with zero attached hydrogens (tertiary/aromatic N) is 4. The summed E-state index contributed by atoms with van der Waals surface area (Å²) in [6.07, 6.45) is -7.64. The lowest BCUT2D eigenvalue weighted by Crippen LogP contribution is -2.61. The van der Waals surface area contributed by atoms with Crippen molar-refractivity contribution in [1.29, 1.82) is 0 Å². The highest BCUT2D eigenvalue weighted by Gasteiger charge is 2.46. The van der Waals surface area contributed by atoms with Crippen LogP contribution in [0.2, 0.25) is 0 Å². The van der Waals surface area contributed by atoms with Crippen molar-refractivity contribution in [3.8, 4) is 55.9 Å². The topological polar surface area (TPSA) is 16.3 Å². The molecule has 4 heterocycles. The molecule has 0 fully saturated rings. The van der Waals surface area contributed by atoms with Gasteiger partial charge in [-0.3, -0.25) is 0 Å². The highest BCUT2D eigenvalue weighted by molar-refractivity contribution is 7.00. The largest absolute Gasteiger partial charge is 0.311 e. The van der Waals surface area contributed by atoms with Gasteiger partial charge in [0.15, 0.2) is 0 Å². The zero-order chi connectivity index (χ0) is 107. The van der Waals surface area contributed by atoms with E-state index in [9.17, 15) is 24.7 Å². The predicted octanol–water partition coefficient (Wildman–Crippen LogP) is 32.9. The van der Waals surface area contributed by atoms with Gasteiger partial charge in [0.1, 0.15) is 0 Å². The second kappa shape index (κ2) is 32.6. The Morgan fingerprint density at radius 1 is 0.250 bits per heavy atom. The SMILES string of the molecule is [2H]c1c([2H])c([2H])c2c(c1[2H])c1cc(C([2H])([2H])C(C)(C)C)ccc1n2-c1ccc2c(c1)N(c1cc(-c3cccc(CC(C)(C)C)c3)c(C([2H])([2H])C(C)(C)C)cc1-c1cccc(CC(C)(C)C)c1)c1cc(C([2H])([2H])C(C)(C)C)cc3c1B2c1ccc(-n2c4ccc(C([2H])([2H])C(C)(C)C)cc4c4c([2H])c([2H])c([2H])c([2H])c42)cc1N3c1cc(-c2cccc(CC(C)(C)C)c2)c(C([2H])([2H])C(C)(C)C)cc1-c1cccc(CC(C)(C)C)c1. The van der Waals surface area contributed by atoms with E-state index in [0.717, 1.165) is 44.5 Å². The van der Waals surface area contributed by atoms with E-state index in [1.807, 2.05) is 162 Å². The van der Waals surface area contributed by atoms with Crippen LogP contribution in [0.3, 0.4) is 0 Å². The molecule has 0 spiro atoms. The molecule has 2 aliphatic rings. The van der Waals surface area contributed by atoms with Crippen molar-refractivity contribution >= 4 is 101 Å².